The van der Waals surface area contributed by atoms with Crippen LogP contribution >= 0.6 is 27.5 Å². The summed E-state index contributed by atoms with van der Waals surface area (Å²) >= 11 is 8.90. The highest BCUT2D eigenvalue weighted by Crippen LogP contribution is 2.29. The van der Waals surface area contributed by atoms with E-state index in [9.17, 15) is 9.18 Å². The zero-order valence-corrected chi connectivity index (χ0v) is 12.6. The Hall–Kier alpha value is -1.26. The summed E-state index contributed by atoms with van der Waals surface area (Å²) < 4.78 is 14.4. The van der Waals surface area contributed by atoms with Crippen LogP contribution in [-0.2, 0) is 0 Å². The number of pyridine rings is 1. The summed E-state index contributed by atoms with van der Waals surface area (Å²) in [6.07, 6.45) is 0. The van der Waals surface area contributed by atoms with Gasteiger partial charge in [-0.2, -0.15) is 0 Å². The molecule has 0 spiro atoms. The van der Waals surface area contributed by atoms with E-state index in [1.807, 2.05) is 6.92 Å². The van der Waals surface area contributed by atoms with Crippen molar-refractivity contribution in [1.82, 2.24) is 4.98 Å². The van der Waals surface area contributed by atoms with E-state index < -0.39 is 11.6 Å². The van der Waals surface area contributed by atoms with Gasteiger partial charge in [-0.15, -0.1) is 0 Å². The van der Waals surface area contributed by atoms with E-state index in [0.29, 0.717) is 15.7 Å². The lowest BCUT2D eigenvalue weighted by molar-refractivity contribution is 0.103. The molecule has 0 saturated heterocycles. The van der Waals surface area contributed by atoms with E-state index in [4.69, 9.17) is 11.6 Å². The zero-order chi connectivity index (χ0) is 14.2. The Balaban J connectivity index is 2.53. The molecule has 0 amide bonds. The van der Waals surface area contributed by atoms with Crippen LogP contribution in [0.5, 0.6) is 0 Å². The van der Waals surface area contributed by atoms with Gasteiger partial charge in [-0.25, -0.2) is 4.39 Å². The number of hydrogen-bond acceptors (Lipinski definition) is 2. The van der Waals surface area contributed by atoms with Crippen LogP contribution in [0, 0.1) is 19.7 Å². The van der Waals surface area contributed by atoms with Crippen LogP contribution in [0.25, 0.3) is 0 Å². The molecule has 0 atom stereocenters. The minimum Gasteiger partial charge on any atom is -0.288 e. The predicted molar refractivity (Wildman–Crippen MR) is 76.3 cm³/mol. The van der Waals surface area contributed by atoms with Gasteiger partial charge in [-0.1, -0.05) is 11.6 Å². The number of benzene rings is 1. The Morgan fingerprint density at radius 1 is 1.21 bits per heavy atom. The smallest absolute Gasteiger partial charge is 0.197 e. The number of aromatic nitrogens is 1. The highest BCUT2D eigenvalue weighted by molar-refractivity contribution is 9.10. The van der Waals surface area contributed by atoms with E-state index in [2.05, 4.69) is 20.9 Å². The number of carbonyl (C=O) groups excluding carboxylic acids is 1. The van der Waals surface area contributed by atoms with Crippen molar-refractivity contribution in [3.63, 3.8) is 0 Å². The summed E-state index contributed by atoms with van der Waals surface area (Å²) in [5, 5.41) is -0.0939. The van der Waals surface area contributed by atoms with Gasteiger partial charge in [0.2, 0.25) is 0 Å². The molecule has 0 N–H and O–H groups in total. The molecular formula is C14H10BrClFNO. The van der Waals surface area contributed by atoms with Crippen LogP contribution in [0.3, 0.4) is 0 Å². The second-order valence-electron chi connectivity index (χ2n) is 4.14. The molecule has 2 aromatic rings. The van der Waals surface area contributed by atoms with E-state index in [1.165, 1.54) is 6.07 Å². The number of carbonyl (C=O) groups is 1. The molecule has 0 saturated carbocycles. The number of halogens is 3. The summed E-state index contributed by atoms with van der Waals surface area (Å²) in [7, 11) is 0. The first-order valence-corrected chi connectivity index (χ1v) is 6.71. The van der Waals surface area contributed by atoms with E-state index in [-0.39, 0.29) is 10.6 Å². The van der Waals surface area contributed by atoms with Gasteiger partial charge in [0.1, 0.15) is 0 Å². The molecule has 0 aliphatic carbocycles. The second-order valence-corrected chi connectivity index (χ2v) is 5.37. The van der Waals surface area contributed by atoms with Crippen molar-refractivity contribution in [2.24, 2.45) is 0 Å². The Morgan fingerprint density at radius 3 is 2.47 bits per heavy atom. The summed E-state index contributed by atoms with van der Waals surface area (Å²) in [6, 6.07) is 6.33. The molecule has 0 aliphatic rings. The molecule has 2 rings (SSSR count). The van der Waals surface area contributed by atoms with E-state index in [0.717, 1.165) is 5.69 Å². The molecule has 0 fully saturated rings. The highest BCUT2D eigenvalue weighted by atomic mass is 79.9. The molecule has 0 bridgehead atoms. The lowest BCUT2D eigenvalue weighted by atomic mass is 10.0. The van der Waals surface area contributed by atoms with Gasteiger partial charge in [0.15, 0.2) is 11.6 Å². The molecule has 98 valence electrons. The quantitative estimate of drug-likeness (QED) is 0.595. The zero-order valence-electron chi connectivity index (χ0n) is 10.3. The molecular weight excluding hydrogens is 333 g/mol. The maximum atomic E-state index is 14.0. The third-order valence-electron chi connectivity index (χ3n) is 2.75. The maximum absolute atomic E-state index is 14.0. The molecule has 1 heterocycles. The first kappa shape index (κ1) is 14.2. The number of hydrogen-bond donors (Lipinski definition) is 0. The van der Waals surface area contributed by atoms with Crippen LogP contribution in [0.4, 0.5) is 4.39 Å². The van der Waals surface area contributed by atoms with Gasteiger partial charge >= 0.3 is 0 Å². The normalized spacial score (nSPS) is 10.6. The first-order chi connectivity index (χ1) is 8.91. The van der Waals surface area contributed by atoms with Gasteiger partial charge in [0, 0.05) is 21.4 Å². The molecule has 2 nitrogen and oxygen atoms in total. The number of rotatable bonds is 2. The fraction of sp³-hybridized carbons (Fsp3) is 0.143. The van der Waals surface area contributed by atoms with Crippen LogP contribution in [-0.4, -0.2) is 10.8 Å². The van der Waals surface area contributed by atoms with Crippen molar-refractivity contribution in [3.05, 3.63) is 62.1 Å². The van der Waals surface area contributed by atoms with Gasteiger partial charge in [-0.05, 0) is 54.0 Å². The second kappa shape index (κ2) is 5.39. The molecule has 0 unspecified atom stereocenters. The van der Waals surface area contributed by atoms with Gasteiger partial charge in [0.05, 0.1) is 10.6 Å². The molecule has 0 radical (unpaired) electrons. The Morgan fingerprint density at radius 2 is 1.84 bits per heavy atom. The van der Waals surface area contributed by atoms with Crippen LogP contribution < -0.4 is 0 Å². The molecule has 0 aliphatic heterocycles. The number of nitrogens with zero attached hydrogens (tertiary/aromatic N) is 1. The van der Waals surface area contributed by atoms with Crippen molar-refractivity contribution in [3.8, 4) is 0 Å². The number of ketones is 1. The summed E-state index contributed by atoms with van der Waals surface area (Å²) in [6.45, 7) is 3.55. The minimum absolute atomic E-state index is 0.0537. The van der Waals surface area contributed by atoms with Crippen molar-refractivity contribution in [1.29, 1.82) is 0 Å². The van der Waals surface area contributed by atoms with Crippen LogP contribution in [0.1, 0.15) is 27.3 Å². The average molecular weight is 343 g/mol. The molecule has 5 heteroatoms. The number of aryl methyl sites for hydroxylation is 2. The first-order valence-electron chi connectivity index (χ1n) is 5.54. The Labute approximate surface area is 123 Å². The van der Waals surface area contributed by atoms with Crippen molar-refractivity contribution >= 4 is 33.3 Å². The molecule has 1 aromatic heterocycles. The molecule has 1 aromatic carbocycles. The summed E-state index contributed by atoms with van der Waals surface area (Å²) in [4.78, 5) is 16.5. The Bertz CT molecular complexity index is 673. The SMILES string of the molecule is Cc1ccc(C(=O)c2ccc(Br)c(Cl)c2F)c(C)n1. The van der Waals surface area contributed by atoms with E-state index in [1.54, 1.807) is 25.1 Å². The van der Waals surface area contributed by atoms with Crippen molar-refractivity contribution in [2.75, 3.05) is 0 Å². The highest BCUT2D eigenvalue weighted by Gasteiger charge is 2.19. The topological polar surface area (TPSA) is 30.0 Å². The average Bonchev–Trinajstić information content (AvgIpc) is 2.35. The lowest BCUT2D eigenvalue weighted by Crippen LogP contribution is -2.08. The summed E-state index contributed by atoms with van der Waals surface area (Å²) in [5.74, 6) is -1.14. The largest absolute Gasteiger partial charge is 0.288 e. The lowest BCUT2D eigenvalue weighted by Gasteiger charge is -2.08. The van der Waals surface area contributed by atoms with Gasteiger partial charge in [0.25, 0.3) is 0 Å². The Kier molecular flexibility index (Phi) is 4.02. The monoisotopic (exact) mass is 341 g/mol. The minimum atomic E-state index is -0.721. The third kappa shape index (κ3) is 2.69. The summed E-state index contributed by atoms with van der Waals surface area (Å²) in [5.41, 5.74) is 1.71. The van der Waals surface area contributed by atoms with Crippen molar-refractivity contribution in [2.45, 2.75) is 13.8 Å². The standard InChI is InChI=1S/C14H10BrClFNO/c1-7-3-4-9(8(2)18-7)14(19)10-5-6-11(15)12(16)13(10)17/h3-6H,1-2H3. The fourth-order valence-electron chi connectivity index (χ4n) is 1.77. The third-order valence-corrected chi connectivity index (χ3v) is 4.01. The molecule has 19 heavy (non-hydrogen) atoms. The van der Waals surface area contributed by atoms with Crippen LogP contribution in [0.2, 0.25) is 5.02 Å². The van der Waals surface area contributed by atoms with Gasteiger partial charge in [-0.3, -0.25) is 9.78 Å². The fourth-order valence-corrected chi connectivity index (χ4v) is 2.24. The van der Waals surface area contributed by atoms with Crippen LogP contribution in [0.15, 0.2) is 28.7 Å². The predicted octanol–water partition coefficient (Wildman–Crippen LogP) is 4.48. The van der Waals surface area contributed by atoms with Crippen molar-refractivity contribution < 1.29 is 9.18 Å². The van der Waals surface area contributed by atoms with E-state index >= 15 is 0 Å². The maximum Gasteiger partial charge on any atom is 0.197 e. The van der Waals surface area contributed by atoms with Gasteiger partial charge < -0.3 is 0 Å².